The van der Waals surface area contributed by atoms with Gasteiger partial charge in [0.2, 0.25) is 10.0 Å². The monoisotopic (exact) mass is 361 g/mol. The highest BCUT2D eigenvalue weighted by atomic mass is 32.2. The molecule has 3 amide bonds. The van der Waals surface area contributed by atoms with Crippen LogP contribution >= 0.6 is 0 Å². The number of hydrogen-bond donors (Lipinski definition) is 2. The van der Waals surface area contributed by atoms with Crippen LogP contribution < -0.4 is 11.1 Å². The fourth-order valence-corrected chi connectivity index (χ4v) is 2.68. The average Bonchev–Trinajstić information content (AvgIpc) is 2.46. The maximum Gasteiger partial charge on any atom is 0.322 e. The first kappa shape index (κ1) is 19.5. The predicted molar refractivity (Wildman–Crippen MR) is 79.5 cm³/mol. The number of imide groups is 1. The highest BCUT2D eigenvalue weighted by molar-refractivity contribution is 7.89. The van der Waals surface area contributed by atoms with Gasteiger partial charge in [-0.3, -0.25) is 14.9 Å². The van der Waals surface area contributed by atoms with Gasteiger partial charge in [0, 0.05) is 7.05 Å². The molecule has 9 nitrogen and oxygen atoms in total. The Morgan fingerprint density at radius 2 is 1.83 bits per heavy atom. The zero-order chi connectivity index (χ0) is 18.5. The third kappa shape index (κ3) is 5.28. The molecule has 0 aliphatic rings. The quantitative estimate of drug-likeness (QED) is 0.660. The Balaban J connectivity index is 2.70. The van der Waals surface area contributed by atoms with Gasteiger partial charge in [-0.1, -0.05) is 0 Å². The molecule has 1 aromatic carbocycles. The number of rotatable bonds is 6. The van der Waals surface area contributed by atoms with Crippen molar-refractivity contribution in [2.24, 2.45) is 5.73 Å². The van der Waals surface area contributed by atoms with E-state index in [0.29, 0.717) is 4.31 Å². The fraction of sp³-hybridized carbons (Fsp3) is 0.308. The number of benzene rings is 1. The van der Waals surface area contributed by atoms with Crippen molar-refractivity contribution < 1.29 is 31.9 Å². The molecule has 0 bridgehead atoms. The van der Waals surface area contributed by atoms with Crippen LogP contribution in [0.2, 0.25) is 0 Å². The summed E-state index contributed by atoms with van der Waals surface area (Å²) in [6, 6.07) is 2.93. The van der Waals surface area contributed by atoms with Gasteiger partial charge >= 0.3 is 12.0 Å². The first-order valence-corrected chi connectivity index (χ1v) is 7.99. The summed E-state index contributed by atoms with van der Waals surface area (Å²) in [7, 11) is -2.92. The smallest absolute Gasteiger partial charge is 0.322 e. The summed E-state index contributed by atoms with van der Waals surface area (Å²) in [5.41, 5.74) is 4.75. The zero-order valence-corrected chi connectivity index (χ0v) is 13.7. The third-order valence-electron chi connectivity index (χ3n) is 2.80. The summed E-state index contributed by atoms with van der Waals surface area (Å²) in [6.07, 6.45) is -1.34. The molecule has 0 saturated carbocycles. The molecule has 0 aliphatic heterocycles. The SMILES string of the molecule is C[C@H](OC(=O)CN(C)S(=O)(=O)c1ccc(F)cc1)C(=O)NC(N)=O. The van der Waals surface area contributed by atoms with Crippen molar-refractivity contribution in [3.05, 3.63) is 30.1 Å². The molecule has 11 heteroatoms. The molecule has 24 heavy (non-hydrogen) atoms. The van der Waals surface area contributed by atoms with Crippen LogP contribution in [0, 0.1) is 5.82 Å². The Bertz CT molecular complexity index is 735. The van der Waals surface area contributed by atoms with Crippen LogP contribution in [0.15, 0.2) is 29.2 Å². The van der Waals surface area contributed by atoms with E-state index in [4.69, 9.17) is 10.5 Å². The number of likely N-dealkylation sites (N-methyl/N-ethyl adjacent to an activating group) is 1. The van der Waals surface area contributed by atoms with Crippen LogP contribution in [0.25, 0.3) is 0 Å². The lowest BCUT2D eigenvalue weighted by atomic mass is 10.4. The maximum atomic E-state index is 12.8. The number of carbonyl (C=O) groups is 3. The molecular formula is C13H16FN3O6S. The number of nitrogens with zero attached hydrogens (tertiary/aromatic N) is 1. The van der Waals surface area contributed by atoms with E-state index in [1.807, 2.05) is 0 Å². The van der Waals surface area contributed by atoms with Crippen molar-refractivity contribution in [1.29, 1.82) is 0 Å². The highest BCUT2D eigenvalue weighted by Crippen LogP contribution is 2.14. The molecule has 1 rings (SSSR count). The van der Waals surface area contributed by atoms with Gasteiger partial charge < -0.3 is 10.5 Å². The van der Waals surface area contributed by atoms with Crippen molar-refractivity contribution in [1.82, 2.24) is 9.62 Å². The van der Waals surface area contributed by atoms with E-state index in [-0.39, 0.29) is 4.90 Å². The number of amides is 3. The van der Waals surface area contributed by atoms with Crippen LogP contribution in [0.5, 0.6) is 0 Å². The standard InChI is InChI=1S/C13H16FN3O6S/c1-8(12(19)16-13(15)20)23-11(18)7-17(2)24(21,22)10-5-3-9(14)4-6-10/h3-6,8H,7H2,1-2H3,(H3,15,16,19,20)/t8-/m0/s1. The van der Waals surface area contributed by atoms with Gasteiger partial charge in [0.1, 0.15) is 12.4 Å². The Morgan fingerprint density at radius 1 is 1.29 bits per heavy atom. The van der Waals surface area contributed by atoms with Crippen molar-refractivity contribution in [2.75, 3.05) is 13.6 Å². The van der Waals surface area contributed by atoms with E-state index in [9.17, 15) is 27.2 Å². The minimum atomic E-state index is -4.03. The zero-order valence-electron chi connectivity index (χ0n) is 12.9. The molecule has 132 valence electrons. The van der Waals surface area contributed by atoms with Crippen LogP contribution in [-0.4, -0.2) is 50.3 Å². The second kappa shape index (κ2) is 7.84. The number of carbonyl (C=O) groups excluding carboxylic acids is 3. The lowest BCUT2D eigenvalue weighted by Crippen LogP contribution is -2.43. The van der Waals surface area contributed by atoms with Gasteiger partial charge in [0.25, 0.3) is 5.91 Å². The molecule has 0 saturated heterocycles. The lowest BCUT2D eigenvalue weighted by molar-refractivity contribution is -0.154. The number of nitrogens with two attached hydrogens (primary N) is 1. The van der Waals surface area contributed by atoms with Gasteiger partial charge in [-0.15, -0.1) is 0 Å². The van der Waals surface area contributed by atoms with Crippen molar-refractivity contribution >= 4 is 27.9 Å². The first-order valence-electron chi connectivity index (χ1n) is 6.55. The topological polar surface area (TPSA) is 136 Å². The molecule has 0 unspecified atom stereocenters. The van der Waals surface area contributed by atoms with E-state index >= 15 is 0 Å². The number of sulfonamides is 1. The molecule has 1 aromatic rings. The number of hydrogen-bond acceptors (Lipinski definition) is 6. The average molecular weight is 361 g/mol. The maximum absolute atomic E-state index is 12.8. The lowest BCUT2D eigenvalue weighted by Gasteiger charge is -2.18. The molecule has 1 atom stereocenters. The van der Waals surface area contributed by atoms with E-state index in [1.165, 1.54) is 6.92 Å². The van der Waals surface area contributed by atoms with Crippen molar-refractivity contribution in [3.8, 4) is 0 Å². The predicted octanol–water partition coefficient (Wildman–Crippen LogP) is -0.427. The van der Waals surface area contributed by atoms with Gasteiger partial charge in [0.05, 0.1) is 4.90 Å². The summed E-state index contributed by atoms with van der Waals surface area (Å²) in [5.74, 6) is -2.57. The number of halogens is 1. The van der Waals surface area contributed by atoms with Gasteiger partial charge in [-0.2, -0.15) is 4.31 Å². The molecule has 0 radical (unpaired) electrons. The minimum Gasteiger partial charge on any atom is -0.452 e. The number of nitrogens with one attached hydrogen (secondary N) is 1. The summed E-state index contributed by atoms with van der Waals surface area (Å²) >= 11 is 0. The van der Waals surface area contributed by atoms with Crippen LogP contribution in [0.1, 0.15) is 6.92 Å². The number of ether oxygens (including phenoxy) is 1. The Kier molecular flexibility index (Phi) is 6.37. The van der Waals surface area contributed by atoms with E-state index < -0.39 is 46.4 Å². The third-order valence-corrected chi connectivity index (χ3v) is 4.62. The van der Waals surface area contributed by atoms with E-state index in [0.717, 1.165) is 31.3 Å². The van der Waals surface area contributed by atoms with Gasteiger partial charge in [0.15, 0.2) is 6.10 Å². The second-order valence-corrected chi connectivity index (χ2v) is 6.75. The highest BCUT2D eigenvalue weighted by Gasteiger charge is 2.26. The molecule has 0 aromatic heterocycles. The first-order chi connectivity index (χ1) is 11.0. The van der Waals surface area contributed by atoms with Crippen LogP contribution in [-0.2, 0) is 24.3 Å². The fourth-order valence-electron chi connectivity index (χ4n) is 1.56. The Labute approximate surface area is 137 Å². The normalized spacial score (nSPS) is 12.5. The number of urea groups is 1. The summed E-state index contributed by atoms with van der Waals surface area (Å²) in [6.45, 7) is 0.499. The van der Waals surface area contributed by atoms with Crippen LogP contribution in [0.4, 0.5) is 9.18 Å². The van der Waals surface area contributed by atoms with Crippen molar-refractivity contribution in [3.63, 3.8) is 0 Å². The Morgan fingerprint density at radius 3 is 2.33 bits per heavy atom. The summed E-state index contributed by atoms with van der Waals surface area (Å²) in [5, 5.41) is 1.72. The summed E-state index contributed by atoms with van der Waals surface area (Å²) in [4.78, 5) is 33.4. The van der Waals surface area contributed by atoms with Crippen LogP contribution in [0.3, 0.4) is 0 Å². The van der Waals surface area contributed by atoms with Crippen molar-refractivity contribution in [2.45, 2.75) is 17.9 Å². The van der Waals surface area contributed by atoms with Gasteiger partial charge in [-0.05, 0) is 31.2 Å². The van der Waals surface area contributed by atoms with Gasteiger partial charge in [-0.25, -0.2) is 17.6 Å². The number of esters is 1. The largest absolute Gasteiger partial charge is 0.452 e. The second-order valence-electron chi connectivity index (χ2n) is 4.70. The molecule has 0 heterocycles. The van der Waals surface area contributed by atoms with E-state index in [2.05, 4.69) is 0 Å². The molecule has 0 fully saturated rings. The number of primary amides is 1. The van der Waals surface area contributed by atoms with E-state index in [1.54, 1.807) is 5.32 Å². The Hall–Kier alpha value is -2.53. The molecular weight excluding hydrogens is 345 g/mol. The molecule has 0 aliphatic carbocycles. The minimum absolute atomic E-state index is 0.210. The molecule has 0 spiro atoms. The summed E-state index contributed by atoms with van der Waals surface area (Å²) < 4.78 is 42.6. The molecule has 3 N–H and O–H groups in total.